The molecular formula is C29H32F4N4O2. The van der Waals surface area contributed by atoms with Gasteiger partial charge in [0.2, 0.25) is 5.91 Å². The van der Waals surface area contributed by atoms with Crippen LogP contribution in [0.25, 0.3) is 0 Å². The Kier molecular flexibility index (Phi) is 6.34. The summed E-state index contributed by atoms with van der Waals surface area (Å²) in [7, 11) is 0. The first kappa shape index (κ1) is 26.1. The highest BCUT2D eigenvalue weighted by atomic mass is 19.4. The number of hydrogen-bond donors (Lipinski definition) is 2. The molecule has 0 radical (unpaired) electrons. The molecule has 0 spiro atoms. The molecule has 6 rings (SSSR count). The number of nitrogens with one attached hydrogen (secondary N) is 2. The number of pyridine rings is 1. The molecule has 4 fully saturated rings. The fourth-order valence-corrected chi connectivity index (χ4v) is 6.27. The molecule has 1 saturated heterocycles. The number of fused-ring (bicyclic) bond motifs is 1. The number of halogens is 4. The Labute approximate surface area is 224 Å². The van der Waals surface area contributed by atoms with Gasteiger partial charge in [0, 0.05) is 23.3 Å². The van der Waals surface area contributed by atoms with Crippen molar-refractivity contribution in [1.82, 2.24) is 15.2 Å². The molecule has 3 aliphatic carbocycles. The van der Waals surface area contributed by atoms with E-state index >= 15 is 0 Å². The quantitative estimate of drug-likeness (QED) is 0.444. The lowest BCUT2D eigenvalue weighted by Crippen LogP contribution is -2.49. The minimum Gasteiger partial charge on any atom is -0.380 e. The maximum absolute atomic E-state index is 14.9. The highest BCUT2D eigenvalue weighted by Crippen LogP contribution is 2.54. The van der Waals surface area contributed by atoms with Gasteiger partial charge in [-0.05, 0) is 81.4 Å². The molecule has 2 N–H and O–H groups in total. The number of carbonyl (C=O) groups is 2. The van der Waals surface area contributed by atoms with Gasteiger partial charge in [-0.3, -0.25) is 14.6 Å². The Morgan fingerprint density at radius 1 is 1.13 bits per heavy atom. The Morgan fingerprint density at radius 2 is 1.87 bits per heavy atom. The Bertz CT molecular complexity index is 1310. The third-order valence-corrected chi connectivity index (χ3v) is 8.99. The number of rotatable bonds is 7. The molecule has 4 aliphatic rings. The Hall–Kier alpha value is -3.17. The molecule has 1 aromatic heterocycles. The lowest BCUT2D eigenvalue weighted by molar-refractivity contribution is -0.137. The number of alkyl halides is 3. The van der Waals surface area contributed by atoms with Gasteiger partial charge in [-0.15, -0.1) is 0 Å². The number of aryl methyl sites for hydroxylation is 1. The summed E-state index contributed by atoms with van der Waals surface area (Å²) in [5, 5.41) is 6.35. The number of amides is 2. The Balaban J connectivity index is 1.25. The molecule has 2 amide bonds. The molecule has 1 aromatic carbocycles. The molecule has 5 atom stereocenters. The number of piperidine rings is 1. The zero-order chi connectivity index (χ0) is 27.6. The van der Waals surface area contributed by atoms with E-state index in [-0.39, 0.29) is 35.3 Å². The van der Waals surface area contributed by atoms with Crippen molar-refractivity contribution in [1.29, 1.82) is 0 Å². The average molecular weight is 545 g/mol. The third-order valence-electron chi connectivity index (χ3n) is 8.99. The van der Waals surface area contributed by atoms with Crippen molar-refractivity contribution in [3.63, 3.8) is 0 Å². The van der Waals surface area contributed by atoms with E-state index in [2.05, 4.69) is 22.5 Å². The number of likely N-dealkylation sites (tertiary alicyclic amines) is 1. The van der Waals surface area contributed by atoms with Crippen LogP contribution in [0.15, 0.2) is 30.5 Å². The van der Waals surface area contributed by atoms with Gasteiger partial charge in [0.15, 0.2) is 0 Å². The first-order valence-corrected chi connectivity index (χ1v) is 13.8. The number of nitrogens with zero attached hydrogens (tertiary/aromatic N) is 2. The second-order valence-electron chi connectivity index (χ2n) is 11.7. The molecule has 10 heteroatoms. The summed E-state index contributed by atoms with van der Waals surface area (Å²) in [5.41, 5.74) is 0.827. The zero-order valence-corrected chi connectivity index (χ0v) is 21.9. The van der Waals surface area contributed by atoms with Crippen LogP contribution in [-0.4, -0.2) is 39.8 Å². The van der Waals surface area contributed by atoms with Crippen LogP contribution in [0.1, 0.15) is 78.7 Å². The number of carbonyl (C=O) groups excluding carboxylic acids is 2. The van der Waals surface area contributed by atoms with E-state index in [0.29, 0.717) is 35.5 Å². The van der Waals surface area contributed by atoms with Crippen LogP contribution < -0.4 is 10.6 Å². The van der Waals surface area contributed by atoms with Gasteiger partial charge in [0.1, 0.15) is 11.9 Å². The van der Waals surface area contributed by atoms with Gasteiger partial charge < -0.3 is 15.5 Å². The molecule has 2 aromatic rings. The highest BCUT2D eigenvalue weighted by molar-refractivity contribution is 6.02. The maximum atomic E-state index is 14.9. The van der Waals surface area contributed by atoms with Crippen molar-refractivity contribution in [2.45, 2.75) is 82.7 Å². The summed E-state index contributed by atoms with van der Waals surface area (Å²) in [6.07, 6.45) is 2.21. The normalized spacial score (nSPS) is 27.0. The fourth-order valence-electron chi connectivity index (χ4n) is 6.27. The minimum atomic E-state index is -4.65. The largest absolute Gasteiger partial charge is 0.416 e. The van der Waals surface area contributed by atoms with E-state index in [1.54, 1.807) is 17.2 Å². The van der Waals surface area contributed by atoms with Crippen molar-refractivity contribution >= 4 is 17.5 Å². The number of aromatic nitrogens is 1. The third kappa shape index (κ3) is 4.87. The van der Waals surface area contributed by atoms with Crippen LogP contribution in [0, 0.1) is 30.5 Å². The van der Waals surface area contributed by atoms with Crippen LogP contribution in [-0.2, 0) is 11.0 Å². The molecule has 39 heavy (non-hydrogen) atoms. The zero-order valence-electron chi connectivity index (χ0n) is 21.9. The number of anilines is 1. The van der Waals surface area contributed by atoms with Gasteiger partial charge in [-0.25, -0.2) is 4.39 Å². The minimum absolute atomic E-state index is 0.0463. The van der Waals surface area contributed by atoms with Crippen molar-refractivity contribution in [2.24, 2.45) is 17.8 Å². The van der Waals surface area contributed by atoms with Gasteiger partial charge in [-0.2, -0.15) is 13.2 Å². The topological polar surface area (TPSA) is 74.3 Å². The van der Waals surface area contributed by atoms with E-state index in [1.165, 1.54) is 0 Å². The summed E-state index contributed by atoms with van der Waals surface area (Å²) < 4.78 is 54.1. The van der Waals surface area contributed by atoms with Crippen LogP contribution in [0.3, 0.4) is 0 Å². The monoisotopic (exact) mass is 544 g/mol. The molecule has 6 nitrogen and oxygen atoms in total. The van der Waals surface area contributed by atoms with Crippen LogP contribution in [0.2, 0.25) is 0 Å². The number of hydrogen-bond acceptors (Lipinski definition) is 4. The van der Waals surface area contributed by atoms with Gasteiger partial charge in [0.05, 0.1) is 29.1 Å². The van der Waals surface area contributed by atoms with Gasteiger partial charge in [-0.1, -0.05) is 13.0 Å². The lowest BCUT2D eigenvalue weighted by atomic mass is 9.92. The SMILES string of the molecule is Cc1cc(C(=O)N2[C@@H]3[C@H](C)[C@@H]3C[C@@H]2C(=O)N[C@@H](c2ccc(C(F)(F)F)cc2F)C2CC2)c(NC2CCC2)cn1. The van der Waals surface area contributed by atoms with Gasteiger partial charge >= 0.3 is 6.18 Å². The van der Waals surface area contributed by atoms with Crippen LogP contribution in [0.5, 0.6) is 0 Å². The highest BCUT2D eigenvalue weighted by Gasteiger charge is 2.62. The molecule has 3 saturated carbocycles. The molecular weight excluding hydrogens is 512 g/mol. The summed E-state index contributed by atoms with van der Waals surface area (Å²) in [5.74, 6) is -1.19. The average Bonchev–Trinajstić information content (AvgIpc) is 3.76. The van der Waals surface area contributed by atoms with Crippen molar-refractivity contribution in [2.75, 3.05) is 5.32 Å². The van der Waals surface area contributed by atoms with Crippen molar-refractivity contribution in [3.8, 4) is 0 Å². The van der Waals surface area contributed by atoms with E-state index in [1.807, 2.05) is 6.92 Å². The summed E-state index contributed by atoms with van der Waals surface area (Å²) in [4.78, 5) is 33.7. The van der Waals surface area contributed by atoms with Crippen molar-refractivity contribution in [3.05, 3.63) is 58.7 Å². The first-order valence-electron chi connectivity index (χ1n) is 13.8. The second kappa shape index (κ2) is 9.48. The smallest absolute Gasteiger partial charge is 0.380 e. The second-order valence-corrected chi connectivity index (χ2v) is 11.7. The van der Waals surface area contributed by atoms with Gasteiger partial charge in [0.25, 0.3) is 5.91 Å². The van der Waals surface area contributed by atoms with E-state index < -0.39 is 35.5 Å². The molecule has 208 valence electrons. The maximum Gasteiger partial charge on any atom is 0.416 e. The van der Waals surface area contributed by atoms with Crippen LogP contribution >= 0.6 is 0 Å². The summed E-state index contributed by atoms with van der Waals surface area (Å²) in [6.45, 7) is 3.89. The van der Waals surface area contributed by atoms with E-state index in [4.69, 9.17) is 0 Å². The number of benzene rings is 1. The summed E-state index contributed by atoms with van der Waals surface area (Å²) in [6, 6.07) is 2.98. The van der Waals surface area contributed by atoms with E-state index in [0.717, 1.165) is 44.2 Å². The summed E-state index contributed by atoms with van der Waals surface area (Å²) >= 11 is 0. The molecule has 1 aliphatic heterocycles. The molecule has 2 heterocycles. The standard InChI is InChI=1S/C29H32F4N4O2/c1-14-10-21(23(13-34-14)35-18-4-3-5-18)28(39)37-24(12-20-15(2)26(20)37)27(38)36-25(16-6-7-16)19-9-8-17(11-22(19)30)29(31,32)33/h8-11,13,15-16,18,20,24-26,35H,3-7,12H2,1-2H3,(H,36,38)/t15-,20+,24-,25-,26-/m1/s1. The Morgan fingerprint density at radius 3 is 2.49 bits per heavy atom. The van der Waals surface area contributed by atoms with Crippen LogP contribution in [0.4, 0.5) is 23.2 Å². The first-order chi connectivity index (χ1) is 18.5. The fraction of sp³-hybridized carbons (Fsp3) is 0.552. The van der Waals surface area contributed by atoms with E-state index in [9.17, 15) is 27.2 Å². The molecule has 0 unspecified atom stereocenters. The molecule has 0 bridgehead atoms. The predicted octanol–water partition coefficient (Wildman–Crippen LogP) is 5.63. The lowest BCUT2D eigenvalue weighted by Gasteiger charge is -2.32. The van der Waals surface area contributed by atoms with Crippen molar-refractivity contribution < 1.29 is 27.2 Å². The predicted molar refractivity (Wildman–Crippen MR) is 136 cm³/mol.